The van der Waals surface area contributed by atoms with Crippen LogP contribution >= 0.6 is 0 Å². The Morgan fingerprint density at radius 1 is 1.19 bits per heavy atom. The van der Waals surface area contributed by atoms with Crippen LogP contribution in [0.1, 0.15) is 58.9 Å². The Labute approximate surface area is 123 Å². The number of carbonyl (C=O) groups is 3. The first-order chi connectivity index (χ1) is 10.0. The summed E-state index contributed by atoms with van der Waals surface area (Å²) < 4.78 is 0. The Hall–Kier alpha value is -2.17. The molecule has 0 unspecified atom stereocenters. The molecule has 3 rings (SSSR count). The molecule has 5 nitrogen and oxygen atoms in total. The van der Waals surface area contributed by atoms with Gasteiger partial charge in [-0.15, -0.1) is 0 Å². The molecule has 3 amide bonds. The minimum Gasteiger partial charge on any atom is -0.354 e. The number of rotatable bonds is 2. The monoisotopic (exact) mass is 286 g/mol. The largest absolute Gasteiger partial charge is 0.354 e. The van der Waals surface area contributed by atoms with Crippen LogP contribution in [0.3, 0.4) is 0 Å². The van der Waals surface area contributed by atoms with Gasteiger partial charge >= 0.3 is 0 Å². The van der Waals surface area contributed by atoms with Crippen LogP contribution in [0.4, 0.5) is 0 Å². The van der Waals surface area contributed by atoms with Crippen LogP contribution in [0.15, 0.2) is 18.2 Å². The number of hydrogen-bond donors (Lipinski definition) is 1. The smallest absolute Gasteiger partial charge is 0.262 e. The molecule has 2 aliphatic heterocycles. The number of carbonyl (C=O) groups excluding carboxylic acids is 3. The first-order valence-corrected chi connectivity index (χ1v) is 7.31. The Morgan fingerprint density at radius 2 is 1.95 bits per heavy atom. The van der Waals surface area contributed by atoms with Crippen molar-refractivity contribution in [2.24, 2.45) is 0 Å². The highest BCUT2D eigenvalue weighted by molar-refractivity contribution is 6.23. The third kappa shape index (κ3) is 2.04. The first-order valence-electron chi connectivity index (χ1n) is 7.31. The normalized spacial score (nSPS) is 21.8. The Bertz CT molecular complexity index is 636. The molecule has 2 heterocycles. The van der Waals surface area contributed by atoms with Crippen LogP contribution in [0.2, 0.25) is 0 Å². The van der Waals surface area contributed by atoms with Gasteiger partial charge in [0.15, 0.2) is 0 Å². The summed E-state index contributed by atoms with van der Waals surface area (Å²) in [6, 6.07) is 4.66. The predicted octanol–water partition coefficient (Wildman–Crippen LogP) is 1.68. The highest BCUT2D eigenvalue weighted by Crippen LogP contribution is 2.32. The van der Waals surface area contributed by atoms with E-state index in [2.05, 4.69) is 5.32 Å². The third-order valence-electron chi connectivity index (χ3n) is 4.17. The minimum absolute atomic E-state index is 0.150. The van der Waals surface area contributed by atoms with Gasteiger partial charge in [-0.05, 0) is 30.4 Å². The zero-order valence-corrected chi connectivity index (χ0v) is 12.2. The van der Waals surface area contributed by atoms with E-state index < -0.39 is 6.04 Å². The van der Waals surface area contributed by atoms with Gasteiger partial charge < -0.3 is 5.32 Å². The number of nitrogens with one attached hydrogen (secondary N) is 1. The van der Waals surface area contributed by atoms with Gasteiger partial charge in [-0.2, -0.15) is 0 Å². The molecule has 0 radical (unpaired) electrons. The van der Waals surface area contributed by atoms with Crippen LogP contribution in [-0.4, -0.2) is 35.2 Å². The molecule has 1 saturated heterocycles. The molecule has 2 aliphatic rings. The fraction of sp³-hybridized carbons (Fsp3) is 0.438. The van der Waals surface area contributed by atoms with Gasteiger partial charge in [-0.1, -0.05) is 26.0 Å². The Kier molecular flexibility index (Phi) is 3.27. The standard InChI is InChI=1S/C16H18N2O3/c1-9(2)10-5-3-6-11-13(10)16(21)18(15(11)20)12-7-4-8-17-14(12)19/h3,5-6,9,12H,4,7-8H2,1-2H3,(H,17,19)/t12-/m0/s1. The number of piperidine rings is 1. The first kappa shape index (κ1) is 13.8. The zero-order chi connectivity index (χ0) is 15.1. The molecule has 110 valence electrons. The number of fused-ring (bicyclic) bond motifs is 1. The lowest BCUT2D eigenvalue weighted by Crippen LogP contribution is -2.52. The summed E-state index contributed by atoms with van der Waals surface area (Å²) in [5.41, 5.74) is 1.75. The molecular weight excluding hydrogens is 268 g/mol. The lowest BCUT2D eigenvalue weighted by atomic mass is 9.94. The molecule has 1 N–H and O–H groups in total. The highest BCUT2D eigenvalue weighted by Gasteiger charge is 2.44. The van der Waals surface area contributed by atoms with Crippen molar-refractivity contribution >= 4 is 17.7 Å². The van der Waals surface area contributed by atoms with Crippen LogP contribution < -0.4 is 5.32 Å². The second kappa shape index (κ2) is 4.98. The molecule has 0 bridgehead atoms. The van der Waals surface area contributed by atoms with Crippen LogP contribution in [0.25, 0.3) is 0 Å². The van der Waals surface area contributed by atoms with E-state index in [-0.39, 0.29) is 23.6 Å². The molecule has 5 heteroatoms. The van der Waals surface area contributed by atoms with E-state index in [0.29, 0.717) is 24.1 Å². The maximum absolute atomic E-state index is 12.7. The molecule has 0 spiro atoms. The molecular formula is C16H18N2O3. The highest BCUT2D eigenvalue weighted by atomic mass is 16.2. The molecule has 1 fully saturated rings. The summed E-state index contributed by atoms with van der Waals surface area (Å²) in [6.07, 6.45) is 1.31. The lowest BCUT2D eigenvalue weighted by Gasteiger charge is -2.28. The van der Waals surface area contributed by atoms with Gasteiger partial charge in [0.05, 0.1) is 11.1 Å². The van der Waals surface area contributed by atoms with Crippen molar-refractivity contribution in [3.8, 4) is 0 Å². The van der Waals surface area contributed by atoms with E-state index in [0.717, 1.165) is 16.9 Å². The van der Waals surface area contributed by atoms with Gasteiger partial charge in [0.25, 0.3) is 11.8 Å². The van der Waals surface area contributed by atoms with Crippen LogP contribution in [0, 0.1) is 0 Å². The summed E-state index contributed by atoms with van der Waals surface area (Å²) in [7, 11) is 0. The fourth-order valence-corrected chi connectivity index (χ4v) is 3.10. The van der Waals surface area contributed by atoms with Gasteiger partial charge in [0.2, 0.25) is 5.91 Å². The van der Waals surface area contributed by atoms with Crippen LogP contribution in [0.5, 0.6) is 0 Å². The van der Waals surface area contributed by atoms with Gasteiger partial charge in [0.1, 0.15) is 6.04 Å². The van der Waals surface area contributed by atoms with E-state index in [9.17, 15) is 14.4 Å². The quantitative estimate of drug-likeness (QED) is 0.841. The number of amides is 3. The van der Waals surface area contributed by atoms with Gasteiger partial charge in [0, 0.05) is 6.54 Å². The molecule has 1 aromatic rings. The van der Waals surface area contributed by atoms with Crippen LogP contribution in [-0.2, 0) is 4.79 Å². The minimum atomic E-state index is -0.675. The summed E-state index contributed by atoms with van der Waals surface area (Å²) in [6.45, 7) is 4.59. The maximum Gasteiger partial charge on any atom is 0.262 e. The molecule has 1 atom stereocenters. The molecule has 0 aliphatic carbocycles. The van der Waals surface area contributed by atoms with Gasteiger partial charge in [-0.3, -0.25) is 19.3 Å². The predicted molar refractivity (Wildman–Crippen MR) is 77.1 cm³/mol. The molecule has 0 aromatic heterocycles. The summed E-state index contributed by atoms with van der Waals surface area (Å²) in [4.78, 5) is 38.4. The van der Waals surface area contributed by atoms with Crippen molar-refractivity contribution in [3.63, 3.8) is 0 Å². The number of nitrogens with zero attached hydrogens (tertiary/aromatic N) is 1. The van der Waals surface area contributed by atoms with Crippen molar-refractivity contribution in [2.75, 3.05) is 6.54 Å². The number of imide groups is 1. The van der Waals surface area contributed by atoms with E-state index in [1.807, 2.05) is 19.9 Å². The van der Waals surface area contributed by atoms with E-state index >= 15 is 0 Å². The fourth-order valence-electron chi connectivity index (χ4n) is 3.10. The molecule has 0 saturated carbocycles. The second-order valence-electron chi connectivity index (χ2n) is 5.85. The second-order valence-corrected chi connectivity index (χ2v) is 5.85. The summed E-state index contributed by atoms with van der Waals surface area (Å²) in [5, 5.41) is 2.73. The van der Waals surface area contributed by atoms with Crippen molar-refractivity contribution < 1.29 is 14.4 Å². The van der Waals surface area contributed by atoms with E-state index in [4.69, 9.17) is 0 Å². The molecule has 1 aromatic carbocycles. The maximum atomic E-state index is 12.7. The third-order valence-corrected chi connectivity index (χ3v) is 4.17. The van der Waals surface area contributed by atoms with E-state index in [1.54, 1.807) is 12.1 Å². The number of benzene rings is 1. The summed E-state index contributed by atoms with van der Waals surface area (Å²) >= 11 is 0. The average Bonchev–Trinajstić information content (AvgIpc) is 2.72. The average molecular weight is 286 g/mol. The Morgan fingerprint density at radius 3 is 2.62 bits per heavy atom. The van der Waals surface area contributed by atoms with Gasteiger partial charge in [-0.25, -0.2) is 0 Å². The SMILES string of the molecule is CC(C)c1cccc2c1C(=O)N([C@H]1CCCNC1=O)C2=O. The van der Waals surface area contributed by atoms with E-state index in [1.165, 1.54) is 0 Å². The van der Waals surface area contributed by atoms with Crippen molar-refractivity contribution in [1.82, 2.24) is 10.2 Å². The lowest BCUT2D eigenvalue weighted by molar-refractivity contribution is -0.126. The van der Waals surface area contributed by atoms with Crippen molar-refractivity contribution in [2.45, 2.75) is 38.6 Å². The van der Waals surface area contributed by atoms with Crippen molar-refractivity contribution in [3.05, 3.63) is 34.9 Å². The summed E-state index contributed by atoms with van der Waals surface area (Å²) in [5.74, 6) is -0.764. The topological polar surface area (TPSA) is 66.5 Å². The number of hydrogen-bond acceptors (Lipinski definition) is 3. The Balaban J connectivity index is 2.05. The zero-order valence-electron chi connectivity index (χ0n) is 12.2. The van der Waals surface area contributed by atoms with Crippen molar-refractivity contribution in [1.29, 1.82) is 0 Å². The molecule has 21 heavy (non-hydrogen) atoms.